The predicted octanol–water partition coefficient (Wildman–Crippen LogP) is 6.54. The van der Waals surface area contributed by atoms with Gasteiger partial charge in [-0.1, -0.05) is 103 Å². The highest BCUT2D eigenvalue weighted by Crippen LogP contribution is 2.13. The molecule has 0 radical (unpaired) electrons. The standard InChI is InChI=1S/C21H44O4S/c1-2-3-4-5-6-7-8-9-10-11-12-13-14-15-16-17-19-25-20-18-21-26(22,23)24/h2-21H2,1H3,(H,22,23,24). The van der Waals surface area contributed by atoms with Gasteiger partial charge in [-0.25, -0.2) is 0 Å². The predicted molar refractivity (Wildman–Crippen MR) is 111 cm³/mol. The molecule has 1 N–H and O–H groups in total. The molecule has 0 bridgehead atoms. The van der Waals surface area contributed by atoms with Crippen molar-refractivity contribution in [2.24, 2.45) is 0 Å². The lowest BCUT2D eigenvalue weighted by Gasteiger charge is -2.04. The van der Waals surface area contributed by atoms with Crippen molar-refractivity contribution in [3.63, 3.8) is 0 Å². The molecule has 0 spiro atoms. The summed E-state index contributed by atoms with van der Waals surface area (Å²) in [5.74, 6) is -0.202. The first-order valence-electron chi connectivity index (χ1n) is 11.1. The minimum Gasteiger partial charge on any atom is -0.381 e. The summed E-state index contributed by atoms with van der Waals surface area (Å²) in [7, 11) is -3.83. The van der Waals surface area contributed by atoms with E-state index in [1.54, 1.807) is 0 Å². The molecule has 158 valence electrons. The van der Waals surface area contributed by atoms with Gasteiger partial charge in [0.25, 0.3) is 10.1 Å². The average molecular weight is 393 g/mol. The first-order chi connectivity index (χ1) is 12.6. The third-order valence-electron chi connectivity index (χ3n) is 4.83. The van der Waals surface area contributed by atoms with E-state index in [4.69, 9.17) is 9.29 Å². The van der Waals surface area contributed by atoms with Gasteiger partial charge in [0.2, 0.25) is 0 Å². The summed E-state index contributed by atoms with van der Waals surface area (Å²) < 4.78 is 35.0. The molecule has 0 saturated carbocycles. The Morgan fingerprint density at radius 3 is 1.31 bits per heavy atom. The molecule has 0 saturated heterocycles. The second kappa shape index (κ2) is 19.6. The zero-order chi connectivity index (χ0) is 19.3. The molecule has 0 aromatic carbocycles. The quantitative estimate of drug-likeness (QED) is 0.178. The fourth-order valence-electron chi connectivity index (χ4n) is 3.20. The van der Waals surface area contributed by atoms with E-state index in [9.17, 15) is 8.42 Å². The van der Waals surface area contributed by atoms with Crippen LogP contribution in [0.15, 0.2) is 0 Å². The van der Waals surface area contributed by atoms with E-state index in [2.05, 4.69) is 6.92 Å². The summed E-state index contributed by atoms with van der Waals surface area (Å²) in [6.07, 6.45) is 22.1. The van der Waals surface area contributed by atoms with E-state index in [1.807, 2.05) is 0 Å². The van der Waals surface area contributed by atoms with Crippen molar-refractivity contribution in [2.75, 3.05) is 19.0 Å². The zero-order valence-corrected chi connectivity index (χ0v) is 18.0. The molecule has 0 aromatic rings. The maximum absolute atomic E-state index is 10.5. The van der Waals surface area contributed by atoms with E-state index >= 15 is 0 Å². The molecule has 0 aliphatic carbocycles. The summed E-state index contributed by atoms with van der Waals surface area (Å²) in [4.78, 5) is 0. The molecule has 0 amide bonds. The second-order valence-electron chi connectivity index (χ2n) is 7.56. The van der Waals surface area contributed by atoms with Crippen molar-refractivity contribution in [1.82, 2.24) is 0 Å². The summed E-state index contributed by atoms with van der Waals surface area (Å²) >= 11 is 0. The van der Waals surface area contributed by atoms with Gasteiger partial charge < -0.3 is 4.74 Å². The number of hydrogen-bond donors (Lipinski definition) is 1. The third-order valence-corrected chi connectivity index (χ3v) is 5.64. The van der Waals surface area contributed by atoms with Crippen LogP contribution in [0.3, 0.4) is 0 Å². The van der Waals surface area contributed by atoms with Crippen LogP contribution in [-0.4, -0.2) is 31.9 Å². The maximum Gasteiger partial charge on any atom is 0.264 e. The Labute approximate surface area is 163 Å². The highest BCUT2D eigenvalue weighted by Gasteiger charge is 2.02. The normalized spacial score (nSPS) is 11.9. The van der Waals surface area contributed by atoms with Crippen LogP contribution in [-0.2, 0) is 14.9 Å². The van der Waals surface area contributed by atoms with Gasteiger partial charge in [0, 0.05) is 13.2 Å². The summed E-state index contributed by atoms with van der Waals surface area (Å²) in [6.45, 7) is 3.39. The Kier molecular flexibility index (Phi) is 19.5. The fraction of sp³-hybridized carbons (Fsp3) is 1.00. The van der Waals surface area contributed by atoms with E-state index in [1.165, 1.54) is 96.3 Å². The topological polar surface area (TPSA) is 63.6 Å². The lowest BCUT2D eigenvalue weighted by Crippen LogP contribution is -2.07. The molecule has 0 rings (SSSR count). The van der Waals surface area contributed by atoms with Gasteiger partial charge in [0.1, 0.15) is 0 Å². The van der Waals surface area contributed by atoms with Gasteiger partial charge in [-0.05, 0) is 12.8 Å². The molecule has 0 fully saturated rings. The first kappa shape index (κ1) is 25.9. The molecule has 5 heteroatoms. The van der Waals surface area contributed by atoms with Crippen molar-refractivity contribution in [3.8, 4) is 0 Å². The van der Waals surface area contributed by atoms with Crippen LogP contribution in [0.2, 0.25) is 0 Å². The first-order valence-corrected chi connectivity index (χ1v) is 12.7. The minimum absolute atomic E-state index is 0.202. The van der Waals surface area contributed by atoms with Gasteiger partial charge in [-0.15, -0.1) is 0 Å². The largest absolute Gasteiger partial charge is 0.381 e. The average Bonchev–Trinajstić information content (AvgIpc) is 2.59. The molecule has 0 atom stereocenters. The van der Waals surface area contributed by atoms with Crippen LogP contribution in [0.1, 0.15) is 116 Å². The SMILES string of the molecule is CCCCCCCCCCCCCCCCCCOCCCS(=O)(=O)O. The van der Waals surface area contributed by atoms with Crippen LogP contribution in [0.25, 0.3) is 0 Å². The number of rotatable bonds is 21. The number of ether oxygens (including phenoxy) is 1. The summed E-state index contributed by atoms with van der Waals surface area (Å²) in [6, 6.07) is 0. The Morgan fingerprint density at radius 2 is 0.923 bits per heavy atom. The molecule has 0 aliphatic rings. The van der Waals surface area contributed by atoms with Gasteiger partial charge >= 0.3 is 0 Å². The van der Waals surface area contributed by atoms with Crippen molar-refractivity contribution in [1.29, 1.82) is 0 Å². The van der Waals surface area contributed by atoms with Crippen LogP contribution in [0.5, 0.6) is 0 Å². The lowest BCUT2D eigenvalue weighted by atomic mass is 10.0. The Balaban J connectivity index is 3.03. The fourth-order valence-corrected chi connectivity index (χ4v) is 3.68. The Hall–Kier alpha value is -0.130. The van der Waals surface area contributed by atoms with E-state index in [0.717, 1.165) is 6.42 Å². The van der Waals surface area contributed by atoms with E-state index in [-0.39, 0.29) is 5.75 Å². The monoisotopic (exact) mass is 392 g/mol. The zero-order valence-electron chi connectivity index (χ0n) is 17.2. The smallest absolute Gasteiger partial charge is 0.264 e. The molecule has 4 nitrogen and oxygen atoms in total. The second-order valence-corrected chi connectivity index (χ2v) is 9.13. The van der Waals surface area contributed by atoms with Gasteiger partial charge in [0.05, 0.1) is 5.75 Å². The van der Waals surface area contributed by atoms with Gasteiger partial charge in [0.15, 0.2) is 0 Å². The summed E-state index contributed by atoms with van der Waals surface area (Å²) in [5, 5.41) is 0. The highest BCUT2D eigenvalue weighted by atomic mass is 32.2. The molecular formula is C21H44O4S. The van der Waals surface area contributed by atoms with Crippen LogP contribution in [0, 0.1) is 0 Å². The van der Waals surface area contributed by atoms with Gasteiger partial charge in [-0.2, -0.15) is 8.42 Å². The number of hydrogen-bond acceptors (Lipinski definition) is 3. The Morgan fingerprint density at radius 1 is 0.577 bits per heavy atom. The van der Waals surface area contributed by atoms with Crippen LogP contribution < -0.4 is 0 Å². The van der Waals surface area contributed by atoms with Crippen molar-refractivity contribution >= 4 is 10.1 Å². The molecule has 0 aromatic heterocycles. The van der Waals surface area contributed by atoms with E-state index in [0.29, 0.717) is 19.6 Å². The maximum atomic E-state index is 10.5. The van der Waals surface area contributed by atoms with Gasteiger partial charge in [-0.3, -0.25) is 4.55 Å². The van der Waals surface area contributed by atoms with Crippen molar-refractivity contribution in [3.05, 3.63) is 0 Å². The molecule has 26 heavy (non-hydrogen) atoms. The van der Waals surface area contributed by atoms with Crippen LogP contribution >= 0.6 is 0 Å². The summed E-state index contributed by atoms with van der Waals surface area (Å²) in [5.41, 5.74) is 0. The van der Waals surface area contributed by atoms with Crippen LogP contribution in [0.4, 0.5) is 0 Å². The Bertz CT molecular complexity index is 368. The van der Waals surface area contributed by atoms with Crippen molar-refractivity contribution in [2.45, 2.75) is 116 Å². The lowest BCUT2D eigenvalue weighted by molar-refractivity contribution is 0.130. The third kappa shape index (κ3) is 23.9. The molecule has 0 unspecified atom stereocenters. The minimum atomic E-state index is -3.83. The highest BCUT2D eigenvalue weighted by molar-refractivity contribution is 7.85. The number of unbranched alkanes of at least 4 members (excludes halogenated alkanes) is 15. The molecule has 0 aliphatic heterocycles. The molecular weight excluding hydrogens is 348 g/mol. The molecule has 0 heterocycles. The van der Waals surface area contributed by atoms with Crippen molar-refractivity contribution < 1.29 is 17.7 Å². The van der Waals surface area contributed by atoms with E-state index < -0.39 is 10.1 Å².